The van der Waals surface area contributed by atoms with Gasteiger partial charge >= 0.3 is 0 Å². The molecule has 0 atom stereocenters. The Balaban J connectivity index is 2.62. The van der Waals surface area contributed by atoms with E-state index in [1.54, 1.807) is 0 Å². The molecule has 0 saturated heterocycles. The van der Waals surface area contributed by atoms with Crippen molar-refractivity contribution >= 4 is 28.8 Å². The van der Waals surface area contributed by atoms with Gasteiger partial charge in [0.2, 0.25) is 0 Å². The van der Waals surface area contributed by atoms with Crippen LogP contribution in [0, 0.1) is 0 Å². The highest BCUT2D eigenvalue weighted by atomic mass is 35.5. The van der Waals surface area contributed by atoms with E-state index in [1.165, 1.54) is 5.54 Å². The molecule has 0 unspecified atom stereocenters. The molecule has 1 aromatic carbocycles. The van der Waals surface area contributed by atoms with E-state index >= 15 is 0 Å². The van der Waals surface area contributed by atoms with E-state index < -0.39 is 0 Å². The van der Waals surface area contributed by atoms with Crippen LogP contribution in [0.15, 0.2) is 29.8 Å². The fourth-order valence-electron chi connectivity index (χ4n) is 1.25. The first kappa shape index (κ1) is 7.37. The van der Waals surface area contributed by atoms with Crippen LogP contribution in [0.5, 0.6) is 0 Å². The lowest BCUT2D eigenvalue weighted by Gasteiger charge is -1.93. The van der Waals surface area contributed by atoms with Crippen molar-refractivity contribution in [1.29, 1.82) is 0 Å². The van der Waals surface area contributed by atoms with E-state index in [0.717, 1.165) is 11.3 Å². The molecule has 0 saturated carbocycles. The average molecular weight is 180 g/mol. The average Bonchev–Trinajstić information content (AvgIpc) is 2.40. The molecule has 1 aliphatic heterocycles. The van der Waals surface area contributed by atoms with E-state index in [2.05, 4.69) is 5.32 Å². The van der Waals surface area contributed by atoms with E-state index in [9.17, 15) is 4.79 Å². The van der Waals surface area contributed by atoms with Crippen molar-refractivity contribution in [3.63, 3.8) is 0 Å². The molecular formula is C9H6ClNO. The molecule has 0 spiro atoms. The fraction of sp³-hybridized carbons (Fsp3) is 0. The van der Waals surface area contributed by atoms with Gasteiger partial charge in [0.25, 0.3) is 5.91 Å². The summed E-state index contributed by atoms with van der Waals surface area (Å²) in [5.74, 6) is -0.133. The lowest BCUT2D eigenvalue weighted by atomic mass is 10.1. The fourth-order valence-corrected chi connectivity index (χ4v) is 1.46. The van der Waals surface area contributed by atoms with Crippen LogP contribution >= 0.6 is 11.6 Å². The highest BCUT2D eigenvalue weighted by Gasteiger charge is 2.22. The molecule has 1 amide bonds. The third kappa shape index (κ3) is 0.924. The molecule has 1 N–H and O–H groups in total. The number of hydrogen-bond acceptors (Lipinski definition) is 1. The second-order valence-corrected chi connectivity index (χ2v) is 2.74. The first-order chi connectivity index (χ1) is 5.83. The van der Waals surface area contributed by atoms with Crippen LogP contribution < -0.4 is 5.32 Å². The molecule has 1 aliphatic rings. The summed E-state index contributed by atoms with van der Waals surface area (Å²) in [6.45, 7) is 0. The Kier molecular flexibility index (Phi) is 1.62. The van der Waals surface area contributed by atoms with E-state index in [1.807, 2.05) is 24.3 Å². The van der Waals surface area contributed by atoms with Crippen molar-refractivity contribution in [1.82, 2.24) is 0 Å². The summed E-state index contributed by atoms with van der Waals surface area (Å²) in [4.78, 5) is 11.2. The Labute approximate surface area is 74.8 Å². The van der Waals surface area contributed by atoms with Gasteiger partial charge in [-0.25, -0.2) is 0 Å². The molecule has 0 radical (unpaired) electrons. The van der Waals surface area contributed by atoms with Crippen LogP contribution in [-0.4, -0.2) is 5.91 Å². The minimum Gasteiger partial charge on any atom is -0.321 e. The van der Waals surface area contributed by atoms with Gasteiger partial charge in [-0.05, 0) is 6.07 Å². The molecule has 12 heavy (non-hydrogen) atoms. The summed E-state index contributed by atoms with van der Waals surface area (Å²) in [6.07, 6.45) is 0. The molecule has 1 heterocycles. The molecule has 3 heteroatoms. The van der Waals surface area contributed by atoms with E-state index in [4.69, 9.17) is 11.6 Å². The maximum atomic E-state index is 11.2. The largest absolute Gasteiger partial charge is 0.321 e. The number of hydrogen-bond donors (Lipinski definition) is 1. The molecule has 0 aromatic heterocycles. The molecule has 2 nitrogen and oxygen atoms in total. The van der Waals surface area contributed by atoms with Gasteiger partial charge in [-0.3, -0.25) is 4.79 Å². The maximum absolute atomic E-state index is 11.2. The third-order valence-electron chi connectivity index (χ3n) is 1.82. The van der Waals surface area contributed by atoms with Crippen LogP contribution in [0.1, 0.15) is 5.56 Å². The summed E-state index contributed by atoms with van der Waals surface area (Å²) < 4.78 is 0. The number of fused-ring (bicyclic) bond motifs is 1. The van der Waals surface area contributed by atoms with Crippen LogP contribution in [0.4, 0.5) is 5.69 Å². The SMILES string of the molecule is O=C1Nc2ccccc2/C1=C\Cl. The number of carbonyl (C=O) groups is 1. The smallest absolute Gasteiger partial charge is 0.257 e. The Morgan fingerprint density at radius 3 is 2.83 bits per heavy atom. The van der Waals surface area contributed by atoms with Gasteiger partial charge in [0, 0.05) is 16.8 Å². The van der Waals surface area contributed by atoms with Gasteiger partial charge < -0.3 is 5.32 Å². The summed E-state index contributed by atoms with van der Waals surface area (Å²) in [5, 5.41) is 2.71. The third-order valence-corrected chi connectivity index (χ3v) is 2.04. The number of amides is 1. The quantitative estimate of drug-likeness (QED) is 0.608. The second kappa shape index (κ2) is 2.64. The van der Waals surface area contributed by atoms with Gasteiger partial charge in [-0.1, -0.05) is 29.8 Å². The zero-order chi connectivity index (χ0) is 8.55. The molecule has 0 bridgehead atoms. The molecular weight excluding hydrogens is 174 g/mol. The number of para-hydroxylation sites is 1. The minimum atomic E-state index is -0.133. The van der Waals surface area contributed by atoms with Crippen molar-refractivity contribution in [2.75, 3.05) is 5.32 Å². The normalized spacial score (nSPS) is 17.8. The van der Waals surface area contributed by atoms with E-state index in [-0.39, 0.29) is 5.91 Å². The topological polar surface area (TPSA) is 29.1 Å². The first-order valence-corrected chi connectivity index (χ1v) is 3.97. The second-order valence-electron chi connectivity index (χ2n) is 2.52. The van der Waals surface area contributed by atoms with Gasteiger partial charge in [-0.15, -0.1) is 0 Å². The standard InChI is InChI=1S/C9H6ClNO/c10-5-7-6-3-1-2-4-8(6)11-9(7)12/h1-5H,(H,11,12)/b7-5+. The minimum absolute atomic E-state index is 0.133. The highest BCUT2D eigenvalue weighted by molar-refractivity contribution is 6.40. The Hall–Kier alpha value is -1.28. The zero-order valence-electron chi connectivity index (χ0n) is 6.17. The van der Waals surface area contributed by atoms with Gasteiger partial charge in [0.1, 0.15) is 0 Å². The van der Waals surface area contributed by atoms with Crippen molar-refractivity contribution in [3.05, 3.63) is 35.4 Å². The van der Waals surface area contributed by atoms with Crippen molar-refractivity contribution in [2.45, 2.75) is 0 Å². The summed E-state index contributed by atoms with van der Waals surface area (Å²) in [6, 6.07) is 7.46. The highest BCUT2D eigenvalue weighted by Crippen LogP contribution is 2.31. The van der Waals surface area contributed by atoms with Crippen molar-refractivity contribution < 1.29 is 4.79 Å². The maximum Gasteiger partial charge on any atom is 0.257 e. The molecule has 0 aliphatic carbocycles. The lowest BCUT2D eigenvalue weighted by Crippen LogP contribution is -2.02. The van der Waals surface area contributed by atoms with Crippen LogP contribution in [0.3, 0.4) is 0 Å². The number of anilines is 1. The van der Waals surface area contributed by atoms with E-state index in [0.29, 0.717) is 5.57 Å². The van der Waals surface area contributed by atoms with Crippen LogP contribution in [0.2, 0.25) is 0 Å². The summed E-state index contributed by atoms with van der Waals surface area (Å²) in [5.41, 5.74) is 3.54. The number of rotatable bonds is 0. The molecule has 0 fully saturated rings. The van der Waals surface area contributed by atoms with Gasteiger partial charge in [0.15, 0.2) is 0 Å². The lowest BCUT2D eigenvalue weighted by molar-refractivity contribution is -0.110. The molecule has 60 valence electrons. The van der Waals surface area contributed by atoms with Crippen molar-refractivity contribution in [2.24, 2.45) is 0 Å². The van der Waals surface area contributed by atoms with Gasteiger partial charge in [0.05, 0.1) is 5.57 Å². The first-order valence-electron chi connectivity index (χ1n) is 3.54. The number of benzene rings is 1. The number of carbonyl (C=O) groups excluding carboxylic acids is 1. The number of halogens is 1. The van der Waals surface area contributed by atoms with Crippen molar-refractivity contribution in [3.8, 4) is 0 Å². The molecule has 2 rings (SSSR count). The predicted molar refractivity (Wildman–Crippen MR) is 48.9 cm³/mol. The van der Waals surface area contributed by atoms with Crippen LogP contribution in [-0.2, 0) is 4.79 Å². The Morgan fingerprint density at radius 1 is 1.33 bits per heavy atom. The monoisotopic (exact) mass is 179 g/mol. The van der Waals surface area contributed by atoms with Gasteiger partial charge in [-0.2, -0.15) is 0 Å². The predicted octanol–water partition coefficient (Wildman–Crippen LogP) is 2.22. The summed E-state index contributed by atoms with van der Waals surface area (Å²) >= 11 is 5.51. The Morgan fingerprint density at radius 2 is 2.08 bits per heavy atom. The number of nitrogens with one attached hydrogen (secondary N) is 1. The zero-order valence-corrected chi connectivity index (χ0v) is 6.93. The Bertz CT molecular complexity index is 371. The molecule has 1 aromatic rings. The van der Waals surface area contributed by atoms with Crippen LogP contribution in [0.25, 0.3) is 5.57 Å². The summed E-state index contributed by atoms with van der Waals surface area (Å²) in [7, 11) is 0.